The summed E-state index contributed by atoms with van der Waals surface area (Å²) in [5.74, 6) is -0.375. The number of aromatic nitrogens is 3. The molecule has 112 valence electrons. The standard InChI is InChI=1S/C15H8ClN5OS/c16-12-5-4-9(8-19-12)14(22)21-15-20-13(11(7-17)23-15)10-3-1-2-6-18-10/h1-6,8H,(H,20,21,22). The Balaban J connectivity index is 1.87. The Bertz CT molecular complexity index is 886. The summed E-state index contributed by atoms with van der Waals surface area (Å²) in [6, 6.07) is 10.5. The second-order valence-corrected chi connectivity index (χ2v) is 5.73. The van der Waals surface area contributed by atoms with E-state index in [-0.39, 0.29) is 5.91 Å². The number of hydrogen-bond acceptors (Lipinski definition) is 6. The largest absolute Gasteiger partial charge is 0.298 e. The zero-order chi connectivity index (χ0) is 16.2. The van der Waals surface area contributed by atoms with Crippen molar-refractivity contribution in [3.05, 3.63) is 58.3 Å². The number of halogens is 1. The molecule has 8 heteroatoms. The van der Waals surface area contributed by atoms with Gasteiger partial charge in [-0.05, 0) is 24.3 Å². The van der Waals surface area contributed by atoms with E-state index in [1.54, 1.807) is 30.5 Å². The first-order chi connectivity index (χ1) is 11.2. The van der Waals surface area contributed by atoms with Crippen LogP contribution in [0.4, 0.5) is 5.13 Å². The SMILES string of the molecule is N#Cc1sc(NC(=O)c2ccc(Cl)nc2)nc1-c1ccccn1. The van der Waals surface area contributed by atoms with E-state index in [0.29, 0.717) is 32.1 Å². The topological polar surface area (TPSA) is 91.6 Å². The summed E-state index contributed by atoms with van der Waals surface area (Å²) in [5, 5.41) is 12.5. The summed E-state index contributed by atoms with van der Waals surface area (Å²) in [4.78, 5) is 24.8. The molecule has 23 heavy (non-hydrogen) atoms. The lowest BCUT2D eigenvalue weighted by molar-refractivity contribution is 0.102. The third-order valence-electron chi connectivity index (χ3n) is 2.85. The molecule has 3 aromatic rings. The molecule has 1 N–H and O–H groups in total. The summed E-state index contributed by atoms with van der Waals surface area (Å²) in [6.45, 7) is 0. The van der Waals surface area contributed by atoms with Crippen LogP contribution >= 0.6 is 22.9 Å². The summed E-state index contributed by atoms with van der Waals surface area (Å²) in [5.41, 5.74) is 1.37. The van der Waals surface area contributed by atoms with Crippen molar-refractivity contribution in [3.63, 3.8) is 0 Å². The number of nitrogens with zero attached hydrogens (tertiary/aromatic N) is 4. The fourth-order valence-electron chi connectivity index (χ4n) is 1.81. The maximum atomic E-state index is 12.1. The van der Waals surface area contributed by atoms with Crippen LogP contribution in [0.25, 0.3) is 11.4 Å². The number of carbonyl (C=O) groups excluding carboxylic acids is 1. The van der Waals surface area contributed by atoms with E-state index in [2.05, 4.69) is 26.3 Å². The molecule has 6 nitrogen and oxygen atoms in total. The normalized spacial score (nSPS) is 10.1. The lowest BCUT2D eigenvalue weighted by Crippen LogP contribution is -2.11. The molecule has 1 amide bonds. The number of anilines is 1. The van der Waals surface area contributed by atoms with Crippen LogP contribution in [0, 0.1) is 11.3 Å². The zero-order valence-electron chi connectivity index (χ0n) is 11.5. The molecule has 0 radical (unpaired) electrons. The highest BCUT2D eigenvalue weighted by atomic mass is 35.5. The van der Waals surface area contributed by atoms with Crippen LogP contribution < -0.4 is 5.32 Å². The van der Waals surface area contributed by atoms with E-state index in [1.807, 2.05) is 0 Å². The molecule has 0 unspecified atom stereocenters. The number of nitrogens with one attached hydrogen (secondary N) is 1. The predicted molar refractivity (Wildman–Crippen MR) is 87.3 cm³/mol. The van der Waals surface area contributed by atoms with Gasteiger partial charge in [0.1, 0.15) is 21.8 Å². The van der Waals surface area contributed by atoms with Gasteiger partial charge in [0.2, 0.25) is 0 Å². The van der Waals surface area contributed by atoms with Gasteiger partial charge in [-0.2, -0.15) is 5.26 Å². The van der Waals surface area contributed by atoms with E-state index in [0.717, 1.165) is 11.3 Å². The third-order valence-corrected chi connectivity index (χ3v) is 3.95. The van der Waals surface area contributed by atoms with E-state index in [4.69, 9.17) is 11.6 Å². The molecule has 0 aliphatic rings. The van der Waals surface area contributed by atoms with E-state index >= 15 is 0 Å². The van der Waals surface area contributed by atoms with Crippen molar-refractivity contribution in [2.45, 2.75) is 0 Å². The first-order valence-corrected chi connectivity index (χ1v) is 7.62. The molecule has 0 atom stereocenters. The van der Waals surface area contributed by atoms with Crippen molar-refractivity contribution in [3.8, 4) is 17.5 Å². The van der Waals surface area contributed by atoms with Gasteiger partial charge in [-0.3, -0.25) is 15.1 Å². The quantitative estimate of drug-likeness (QED) is 0.737. The van der Waals surface area contributed by atoms with Crippen molar-refractivity contribution in [1.29, 1.82) is 5.26 Å². The molecule has 3 aromatic heterocycles. The van der Waals surface area contributed by atoms with Crippen LogP contribution in [-0.2, 0) is 0 Å². The summed E-state index contributed by atoms with van der Waals surface area (Å²) in [6.07, 6.45) is 2.99. The van der Waals surface area contributed by atoms with Crippen LogP contribution in [0.2, 0.25) is 5.15 Å². The molecular weight excluding hydrogens is 334 g/mol. The Hall–Kier alpha value is -2.82. The van der Waals surface area contributed by atoms with Crippen LogP contribution in [0.15, 0.2) is 42.7 Å². The Morgan fingerprint density at radius 2 is 2.13 bits per heavy atom. The highest BCUT2D eigenvalue weighted by molar-refractivity contribution is 7.16. The molecule has 0 aliphatic heterocycles. The van der Waals surface area contributed by atoms with E-state index in [1.165, 1.54) is 12.3 Å². The van der Waals surface area contributed by atoms with Gasteiger partial charge in [-0.25, -0.2) is 9.97 Å². The molecule has 0 fully saturated rings. The minimum Gasteiger partial charge on any atom is -0.298 e. The smallest absolute Gasteiger partial charge is 0.259 e. The van der Waals surface area contributed by atoms with Gasteiger partial charge in [0.25, 0.3) is 5.91 Å². The summed E-state index contributed by atoms with van der Waals surface area (Å²) >= 11 is 6.78. The number of amides is 1. The van der Waals surface area contributed by atoms with Gasteiger partial charge in [-0.15, -0.1) is 0 Å². The molecular formula is C15H8ClN5OS. The second-order valence-electron chi connectivity index (χ2n) is 4.35. The van der Waals surface area contributed by atoms with Gasteiger partial charge < -0.3 is 0 Å². The molecule has 0 bridgehead atoms. The van der Waals surface area contributed by atoms with Gasteiger partial charge in [0.15, 0.2) is 5.13 Å². The first kappa shape index (κ1) is 15.1. The van der Waals surface area contributed by atoms with Gasteiger partial charge in [0.05, 0.1) is 11.3 Å². The molecule has 3 rings (SSSR count). The number of pyridine rings is 2. The predicted octanol–water partition coefficient (Wildman–Crippen LogP) is 3.38. The fraction of sp³-hybridized carbons (Fsp3) is 0. The van der Waals surface area contributed by atoms with E-state index in [9.17, 15) is 10.1 Å². The van der Waals surface area contributed by atoms with Crippen LogP contribution in [-0.4, -0.2) is 20.9 Å². The van der Waals surface area contributed by atoms with Crippen molar-refractivity contribution >= 4 is 34.0 Å². The monoisotopic (exact) mass is 341 g/mol. The minimum absolute atomic E-state index is 0.306. The average Bonchev–Trinajstić information content (AvgIpc) is 2.99. The number of carbonyl (C=O) groups is 1. The van der Waals surface area contributed by atoms with Crippen LogP contribution in [0.3, 0.4) is 0 Å². The third kappa shape index (κ3) is 3.34. The first-order valence-electron chi connectivity index (χ1n) is 6.42. The highest BCUT2D eigenvalue weighted by Crippen LogP contribution is 2.29. The fourth-order valence-corrected chi connectivity index (χ4v) is 2.68. The number of thiazole rings is 1. The lowest BCUT2D eigenvalue weighted by Gasteiger charge is -2.00. The van der Waals surface area contributed by atoms with Gasteiger partial charge in [0, 0.05) is 12.4 Å². The summed E-state index contributed by atoms with van der Waals surface area (Å²) < 4.78 is 0. The molecule has 0 aliphatic carbocycles. The van der Waals surface area contributed by atoms with Crippen molar-refractivity contribution in [2.24, 2.45) is 0 Å². The van der Waals surface area contributed by atoms with Crippen molar-refractivity contribution < 1.29 is 4.79 Å². The van der Waals surface area contributed by atoms with E-state index < -0.39 is 0 Å². The minimum atomic E-state index is -0.375. The number of nitriles is 1. The van der Waals surface area contributed by atoms with Crippen LogP contribution in [0.1, 0.15) is 15.2 Å². The molecule has 0 saturated carbocycles. The molecule has 0 aromatic carbocycles. The average molecular weight is 342 g/mol. The van der Waals surface area contributed by atoms with Gasteiger partial charge >= 0.3 is 0 Å². The molecule has 0 spiro atoms. The lowest BCUT2D eigenvalue weighted by atomic mass is 10.2. The van der Waals surface area contributed by atoms with Gasteiger partial charge in [-0.1, -0.05) is 29.0 Å². The molecule has 3 heterocycles. The van der Waals surface area contributed by atoms with Crippen molar-refractivity contribution in [1.82, 2.24) is 15.0 Å². The Kier molecular flexibility index (Phi) is 4.28. The summed E-state index contributed by atoms with van der Waals surface area (Å²) in [7, 11) is 0. The van der Waals surface area contributed by atoms with Crippen molar-refractivity contribution in [2.75, 3.05) is 5.32 Å². The second kappa shape index (κ2) is 6.52. The Morgan fingerprint density at radius 3 is 2.78 bits per heavy atom. The van der Waals surface area contributed by atoms with Crippen LogP contribution in [0.5, 0.6) is 0 Å². The maximum absolute atomic E-state index is 12.1. The number of rotatable bonds is 3. The zero-order valence-corrected chi connectivity index (χ0v) is 13.1. The Morgan fingerprint density at radius 1 is 1.26 bits per heavy atom. The maximum Gasteiger partial charge on any atom is 0.259 e. The molecule has 0 saturated heterocycles. The number of hydrogen-bond donors (Lipinski definition) is 1. The highest BCUT2D eigenvalue weighted by Gasteiger charge is 2.16. The Labute approximate surface area is 140 Å².